The van der Waals surface area contributed by atoms with Crippen LogP contribution in [0.3, 0.4) is 0 Å². The van der Waals surface area contributed by atoms with E-state index in [4.69, 9.17) is 4.42 Å². The lowest BCUT2D eigenvalue weighted by atomic mass is 10.0. The smallest absolute Gasteiger partial charge is 0.317 e. The Morgan fingerprint density at radius 1 is 1.10 bits per heavy atom. The summed E-state index contributed by atoms with van der Waals surface area (Å²) < 4.78 is 4.90. The highest BCUT2D eigenvalue weighted by Crippen LogP contribution is 2.15. The Hall–Kier alpha value is -3.43. The molecule has 2 aromatic heterocycles. The van der Waals surface area contributed by atoms with Gasteiger partial charge in [0.2, 0.25) is 0 Å². The summed E-state index contributed by atoms with van der Waals surface area (Å²) in [7, 11) is 0. The van der Waals surface area contributed by atoms with Crippen molar-refractivity contribution in [2.24, 2.45) is 0 Å². The highest BCUT2D eigenvalue weighted by atomic mass is 16.3. The first kappa shape index (κ1) is 21.3. The molecule has 10 nitrogen and oxygen atoms in total. The molecule has 10 heteroatoms. The fourth-order valence-electron chi connectivity index (χ4n) is 3.05. The fourth-order valence-corrected chi connectivity index (χ4v) is 3.05. The molecule has 1 aliphatic heterocycles. The number of piperidine rings is 1. The topological polar surface area (TPSA) is 129 Å². The summed E-state index contributed by atoms with van der Waals surface area (Å²) in [6, 6.07) is 1.30. The Morgan fingerprint density at radius 2 is 1.80 bits per heavy atom. The zero-order valence-corrected chi connectivity index (χ0v) is 17.3. The maximum absolute atomic E-state index is 12.7. The van der Waals surface area contributed by atoms with Crippen LogP contribution < -0.4 is 16.0 Å². The third-order valence-corrected chi connectivity index (χ3v) is 4.53. The van der Waals surface area contributed by atoms with Gasteiger partial charge >= 0.3 is 6.03 Å². The first-order valence-electron chi connectivity index (χ1n) is 9.75. The van der Waals surface area contributed by atoms with Crippen LogP contribution in [0, 0.1) is 0 Å². The van der Waals surface area contributed by atoms with E-state index in [-0.39, 0.29) is 29.1 Å². The summed E-state index contributed by atoms with van der Waals surface area (Å²) in [5.74, 6) is -0.803. The minimum absolute atomic E-state index is 0.0299. The molecule has 3 heterocycles. The summed E-state index contributed by atoms with van der Waals surface area (Å²) in [6.07, 6.45) is 6.72. The van der Waals surface area contributed by atoms with E-state index in [1.807, 2.05) is 20.8 Å². The number of likely N-dealkylation sites (tertiary alicyclic amines) is 1. The van der Waals surface area contributed by atoms with Crippen LogP contribution in [0.25, 0.3) is 0 Å². The summed E-state index contributed by atoms with van der Waals surface area (Å²) >= 11 is 0. The standard InChI is InChI=1S/C20H26N6O4/c1-20(2,3)25-19(29)26-9-4-14(5-10-26)23-18(28)15-16(22-8-7-21-15)24-17(27)13-6-11-30-12-13/h6-8,11-12,14H,4-5,9-10H2,1-3H3,(H,23,28)(H,25,29)(H,22,24,27). The molecular weight excluding hydrogens is 388 g/mol. The van der Waals surface area contributed by atoms with Crippen LogP contribution in [0.1, 0.15) is 54.5 Å². The van der Waals surface area contributed by atoms with Gasteiger partial charge in [0.05, 0.1) is 11.8 Å². The van der Waals surface area contributed by atoms with Gasteiger partial charge in [0.1, 0.15) is 6.26 Å². The Bertz CT molecular complexity index is 898. The molecule has 0 spiro atoms. The minimum Gasteiger partial charge on any atom is -0.472 e. The third-order valence-electron chi connectivity index (χ3n) is 4.53. The van der Waals surface area contributed by atoms with E-state index < -0.39 is 11.8 Å². The molecule has 160 valence electrons. The van der Waals surface area contributed by atoms with Crippen molar-refractivity contribution in [1.29, 1.82) is 0 Å². The summed E-state index contributed by atoms with van der Waals surface area (Å²) in [4.78, 5) is 47.1. The predicted octanol–water partition coefficient (Wildman–Crippen LogP) is 2.02. The van der Waals surface area contributed by atoms with Gasteiger partial charge in [0.25, 0.3) is 11.8 Å². The number of amides is 4. The Morgan fingerprint density at radius 3 is 2.43 bits per heavy atom. The summed E-state index contributed by atoms with van der Waals surface area (Å²) in [5, 5.41) is 8.44. The van der Waals surface area contributed by atoms with Crippen molar-refractivity contribution >= 4 is 23.7 Å². The molecule has 2 aromatic rings. The van der Waals surface area contributed by atoms with Crippen LogP contribution >= 0.6 is 0 Å². The second-order valence-electron chi connectivity index (χ2n) is 8.13. The van der Waals surface area contributed by atoms with Gasteiger partial charge in [-0.1, -0.05) is 0 Å². The summed E-state index contributed by atoms with van der Waals surface area (Å²) in [5.41, 5.74) is 0.0426. The predicted molar refractivity (Wildman–Crippen MR) is 109 cm³/mol. The number of nitrogens with zero attached hydrogens (tertiary/aromatic N) is 3. The number of carbonyl (C=O) groups excluding carboxylic acids is 3. The molecule has 1 fully saturated rings. The third kappa shape index (κ3) is 5.56. The molecule has 3 N–H and O–H groups in total. The second kappa shape index (κ2) is 8.93. The Balaban J connectivity index is 1.57. The normalized spacial score (nSPS) is 14.8. The van der Waals surface area contributed by atoms with Crippen molar-refractivity contribution in [1.82, 2.24) is 25.5 Å². The zero-order chi connectivity index (χ0) is 21.7. The van der Waals surface area contributed by atoms with Crippen molar-refractivity contribution in [3.8, 4) is 0 Å². The van der Waals surface area contributed by atoms with Gasteiger partial charge in [-0.15, -0.1) is 0 Å². The fraction of sp³-hybridized carbons (Fsp3) is 0.450. The van der Waals surface area contributed by atoms with Gasteiger partial charge in [-0.25, -0.2) is 14.8 Å². The van der Waals surface area contributed by atoms with Crippen LogP contribution in [0.15, 0.2) is 35.4 Å². The number of hydrogen-bond donors (Lipinski definition) is 3. The molecule has 3 rings (SSSR count). The highest BCUT2D eigenvalue weighted by molar-refractivity contribution is 6.07. The van der Waals surface area contributed by atoms with E-state index in [9.17, 15) is 14.4 Å². The number of furan rings is 1. The number of urea groups is 1. The molecule has 0 aliphatic carbocycles. The van der Waals surface area contributed by atoms with Gasteiger partial charge in [-0.2, -0.15) is 0 Å². The molecule has 0 atom stereocenters. The van der Waals surface area contributed by atoms with E-state index in [0.717, 1.165) is 0 Å². The maximum Gasteiger partial charge on any atom is 0.317 e. The molecule has 0 radical (unpaired) electrons. The molecule has 4 amide bonds. The van der Waals surface area contributed by atoms with Crippen LogP contribution in [0.2, 0.25) is 0 Å². The van der Waals surface area contributed by atoms with Crippen LogP contribution in [0.5, 0.6) is 0 Å². The van der Waals surface area contributed by atoms with E-state index in [1.54, 1.807) is 4.90 Å². The average Bonchev–Trinajstić information content (AvgIpc) is 3.22. The van der Waals surface area contributed by atoms with E-state index in [0.29, 0.717) is 31.5 Å². The van der Waals surface area contributed by atoms with Crippen molar-refractivity contribution < 1.29 is 18.8 Å². The SMILES string of the molecule is CC(C)(C)NC(=O)N1CCC(NC(=O)c2nccnc2NC(=O)c2ccoc2)CC1. The number of nitrogens with one attached hydrogen (secondary N) is 3. The lowest BCUT2D eigenvalue weighted by Crippen LogP contribution is -2.53. The van der Waals surface area contributed by atoms with Crippen LogP contribution in [0.4, 0.5) is 10.6 Å². The lowest BCUT2D eigenvalue weighted by molar-refractivity contribution is 0.0913. The number of rotatable bonds is 4. The number of hydrogen-bond acceptors (Lipinski definition) is 6. The van der Waals surface area contributed by atoms with Crippen molar-refractivity contribution in [3.05, 3.63) is 42.2 Å². The molecule has 1 aliphatic rings. The molecule has 1 saturated heterocycles. The van der Waals surface area contributed by atoms with Gasteiger partial charge in [0, 0.05) is 37.1 Å². The minimum atomic E-state index is -0.448. The highest BCUT2D eigenvalue weighted by Gasteiger charge is 2.27. The van der Waals surface area contributed by atoms with Crippen molar-refractivity contribution in [2.75, 3.05) is 18.4 Å². The largest absolute Gasteiger partial charge is 0.472 e. The molecule has 0 bridgehead atoms. The molecule has 0 unspecified atom stereocenters. The van der Waals surface area contributed by atoms with E-state index in [2.05, 4.69) is 25.9 Å². The van der Waals surface area contributed by atoms with E-state index >= 15 is 0 Å². The van der Waals surface area contributed by atoms with Crippen molar-refractivity contribution in [3.63, 3.8) is 0 Å². The van der Waals surface area contributed by atoms with Gasteiger partial charge < -0.3 is 25.3 Å². The van der Waals surface area contributed by atoms with Gasteiger partial charge in [0.15, 0.2) is 11.5 Å². The Kier molecular flexibility index (Phi) is 6.34. The Labute approximate surface area is 174 Å². The second-order valence-corrected chi connectivity index (χ2v) is 8.13. The quantitative estimate of drug-likeness (QED) is 0.702. The summed E-state index contributed by atoms with van der Waals surface area (Å²) in [6.45, 7) is 6.87. The van der Waals surface area contributed by atoms with Gasteiger partial charge in [-0.05, 0) is 39.7 Å². The number of carbonyl (C=O) groups is 3. The molecule has 0 saturated carbocycles. The van der Waals surface area contributed by atoms with E-state index in [1.165, 1.54) is 31.0 Å². The first-order chi connectivity index (χ1) is 14.2. The first-order valence-corrected chi connectivity index (χ1v) is 9.75. The van der Waals surface area contributed by atoms with Crippen LogP contribution in [-0.2, 0) is 0 Å². The monoisotopic (exact) mass is 414 g/mol. The zero-order valence-electron chi connectivity index (χ0n) is 17.3. The lowest BCUT2D eigenvalue weighted by Gasteiger charge is -2.34. The molecule has 30 heavy (non-hydrogen) atoms. The van der Waals surface area contributed by atoms with Crippen LogP contribution in [-0.4, -0.2) is 57.4 Å². The number of aromatic nitrogens is 2. The molecular formula is C20H26N6O4. The van der Waals surface area contributed by atoms with Gasteiger partial charge in [-0.3, -0.25) is 9.59 Å². The number of anilines is 1. The average molecular weight is 414 g/mol. The molecule has 0 aromatic carbocycles. The maximum atomic E-state index is 12.7. The van der Waals surface area contributed by atoms with Crippen molar-refractivity contribution in [2.45, 2.75) is 45.2 Å².